The van der Waals surface area contributed by atoms with Crippen molar-refractivity contribution in [3.05, 3.63) is 129 Å². The van der Waals surface area contributed by atoms with E-state index in [1.54, 1.807) is 12.1 Å². The van der Waals surface area contributed by atoms with E-state index in [1.165, 1.54) is 46.1 Å². The number of amides is 1. The van der Waals surface area contributed by atoms with Crippen molar-refractivity contribution in [2.24, 2.45) is 0 Å². The average molecular weight is 548 g/mol. The first-order valence-electron chi connectivity index (χ1n) is 12.7. The second-order valence-electron chi connectivity index (χ2n) is 9.65. The number of halogens is 3. The van der Waals surface area contributed by atoms with Gasteiger partial charge in [0, 0.05) is 37.4 Å². The van der Waals surface area contributed by atoms with Gasteiger partial charge in [0.05, 0.1) is 6.61 Å². The highest BCUT2D eigenvalue weighted by molar-refractivity contribution is 5.96. The molecule has 2 aliphatic heterocycles. The van der Waals surface area contributed by atoms with E-state index in [1.807, 2.05) is 30.3 Å². The van der Waals surface area contributed by atoms with Gasteiger partial charge in [-0.05, 0) is 29.3 Å². The number of hydrogen-bond acceptors (Lipinski definition) is 5. The number of pyridine rings is 1. The monoisotopic (exact) mass is 547 g/mol. The molecule has 204 valence electrons. The van der Waals surface area contributed by atoms with Gasteiger partial charge in [0.15, 0.2) is 23.1 Å². The van der Waals surface area contributed by atoms with E-state index in [0.717, 1.165) is 17.7 Å². The molecular weight excluding hydrogens is 523 g/mol. The quantitative estimate of drug-likeness (QED) is 0.369. The standard InChI is InChI=1S/C30H24F3N3O4/c1-34-26-12-14-39-25-16-23(33)22(32)15-21(25)27(19-7-9-20(31)10-8-19)36(26)35-13-11-24(37)29(28(35)30(34)38)40-17-18-5-3-2-4-6-18/h2-11,13,15-16,26-27H,12,14,17H2,1H3/t26-,27+/m1/s1. The fourth-order valence-electron chi connectivity index (χ4n) is 5.29. The minimum absolute atomic E-state index is 0.0140. The molecule has 3 heterocycles. The van der Waals surface area contributed by atoms with Gasteiger partial charge in [-0.2, -0.15) is 0 Å². The number of benzene rings is 3. The van der Waals surface area contributed by atoms with E-state index in [9.17, 15) is 22.8 Å². The Kier molecular flexibility index (Phi) is 6.45. The molecule has 0 N–H and O–H groups in total. The maximum absolute atomic E-state index is 14.7. The van der Waals surface area contributed by atoms with Crippen LogP contribution in [-0.4, -0.2) is 35.3 Å². The molecule has 0 saturated heterocycles. The Hall–Kier alpha value is -4.73. The summed E-state index contributed by atoms with van der Waals surface area (Å²) in [6, 6.07) is 17.3. The molecule has 10 heteroatoms. The summed E-state index contributed by atoms with van der Waals surface area (Å²) in [5.74, 6) is -3.09. The van der Waals surface area contributed by atoms with Crippen LogP contribution in [0.4, 0.5) is 13.2 Å². The Morgan fingerprint density at radius 1 is 0.950 bits per heavy atom. The zero-order chi connectivity index (χ0) is 28.0. The summed E-state index contributed by atoms with van der Waals surface area (Å²) >= 11 is 0. The largest absolute Gasteiger partial charge is 0.493 e. The number of carbonyl (C=O) groups is 1. The van der Waals surface area contributed by atoms with Gasteiger partial charge in [0.2, 0.25) is 5.43 Å². The van der Waals surface area contributed by atoms with E-state index in [4.69, 9.17) is 9.47 Å². The fraction of sp³-hybridized carbons (Fsp3) is 0.200. The molecule has 3 aromatic carbocycles. The Morgan fingerprint density at radius 2 is 1.68 bits per heavy atom. The number of rotatable bonds is 4. The first kappa shape index (κ1) is 25.5. The van der Waals surface area contributed by atoms with E-state index in [2.05, 4.69) is 0 Å². The summed E-state index contributed by atoms with van der Waals surface area (Å²) in [4.78, 5) is 28.2. The molecule has 0 spiro atoms. The third-order valence-corrected chi connectivity index (χ3v) is 7.22. The summed E-state index contributed by atoms with van der Waals surface area (Å²) < 4.78 is 56.3. The van der Waals surface area contributed by atoms with Gasteiger partial charge in [-0.25, -0.2) is 13.2 Å². The van der Waals surface area contributed by atoms with E-state index in [-0.39, 0.29) is 36.0 Å². The van der Waals surface area contributed by atoms with Gasteiger partial charge < -0.3 is 14.4 Å². The van der Waals surface area contributed by atoms with Crippen molar-refractivity contribution in [3.8, 4) is 11.5 Å². The lowest BCUT2D eigenvalue weighted by atomic mass is 9.94. The highest BCUT2D eigenvalue weighted by Crippen LogP contribution is 2.41. The highest BCUT2D eigenvalue weighted by atomic mass is 19.2. The molecule has 0 bridgehead atoms. The number of carbonyl (C=O) groups excluding carboxylic acids is 1. The van der Waals surface area contributed by atoms with Crippen LogP contribution in [0.25, 0.3) is 0 Å². The second-order valence-corrected chi connectivity index (χ2v) is 9.65. The van der Waals surface area contributed by atoms with Gasteiger partial charge in [-0.15, -0.1) is 0 Å². The minimum atomic E-state index is -1.08. The summed E-state index contributed by atoms with van der Waals surface area (Å²) in [6.07, 6.45) is 1.13. The molecule has 4 aromatic rings. The average Bonchev–Trinajstić information content (AvgIpc) is 2.95. The predicted octanol–water partition coefficient (Wildman–Crippen LogP) is 4.77. The normalized spacial score (nSPS) is 18.1. The van der Waals surface area contributed by atoms with E-state index in [0.29, 0.717) is 12.0 Å². The van der Waals surface area contributed by atoms with Crippen LogP contribution in [0.15, 0.2) is 83.8 Å². The molecule has 7 nitrogen and oxygen atoms in total. The van der Waals surface area contributed by atoms with Gasteiger partial charge in [-0.3, -0.25) is 19.3 Å². The van der Waals surface area contributed by atoms with Crippen LogP contribution in [0.1, 0.15) is 39.6 Å². The zero-order valence-corrected chi connectivity index (χ0v) is 21.4. The molecule has 1 aromatic heterocycles. The third-order valence-electron chi connectivity index (χ3n) is 7.22. The van der Waals surface area contributed by atoms with Crippen molar-refractivity contribution in [3.63, 3.8) is 0 Å². The van der Waals surface area contributed by atoms with Gasteiger partial charge in [0.1, 0.15) is 30.4 Å². The van der Waals surface area contributed by atoms with Crippen molar-refractivity contribution in [1.82, 2.24) is 9.58 Å². The Morgan fingerprint density at radius 3 is 2.42 bits per heavy atom. The van der Waals surface area contributed by atoms with Crippen LogP contribution in [0.2, 0.25) is 0 Å². The highest BCUT2D eigenvalue weighted by Gasteiger charge is 2.43. The summed E-state index contributed by atoms with van der Waals surface area (Å²) in [7, 11) is 1.59. The van der Waals surface area contributed by atoms with E-state index < -0.39 is 41.0 Å². The number of nitrogens with zero attached hydrogens (tertiary/aromatic N) is 3. The summed E-state index contributed by atoms with van der Waals surface area (Å²) in [6.45, 7) is 0.149. The van der Waals surface area contributed by atoms with Crippen LogP contribution in [-0.2, 0) is 6.61 Å². The summed E-state index contributed by atoms with van der Waals surface area (Å²) in [5, 5.41) is 1.79. The fourth-order valence-corrected chi connectivity index (χ4v) is 5.29. The van der Waals surface area contributed by atoms with Crippen molar-refractivity contribution in [2.75, 3.05) is 18.7 Å². The first-order chi connectivity index (χ1) is 19.3. The zero-order valence-electron chi connectivity index (χ0n) is 21.4. The van der Waals surface area contributed by atoms with Gasteiger partial charge in [-0.1, -0.05) is 42.5 Å². The summed E-state index contributed by atoms with van der Waals surface area (Å²) in [5.41, 5.74) is 1.11. The first-order valence-corrected chi connectivity index (χ1v) is 12.7. The molecular formula is C30H24F3N3O4. The lowest BCUT2D eigenvalue weighted by Gasteiger charge is -2.50. The molecule has 0 aliphatic carbocycles. The van der Waals surface area contributed by atoms with Crippen molar-refractivity contribution in [2.45, 2.75) is 25.2 Å². The molecule has 0 unspecified atom stereocenters. The predicted molar refractivity (Wildman–Crippen MR) is 140 cm³/mol. The number of hydrogen-bond donors (Lipinski definition) is 0. The lowest BCUT2D eigenvalue weighted by Crippen LogP contribution is -2.62. The van der Waals surface area contributed by atoms with Crippen molar-refractivity contribution >= 4 is 5.91 Å². The van der Waals surface area contributed by atoms with Crippen LogP contribution in [0, 0.1) is 17.5 Å². The van der Waals surface area contributed by atoms with E-state index >= 15 is 0 Å². The van der Waals surface area contributed by atoms with Crippen LogP contribution in [0.5, 0.6) is 11.5 Å². The number of ether oxygens (including phenoxy) is 2. The molecule has 6 rings (SSSR count). The Bertz CT molecular complexity index is 1640. The molecule has 2 atom stereocenters. The smallest absolute Gasteiger partial charge is 0.277 e. The van der Waals surface area contributed by atoms with Gasteiger partial charge >= 0.3 is 0 Å². The van der Waals surface area contributed by atoms with Crippen LogP contribution >= 0.6 is 0 Å². The van der Waals surface area contributed by atoms with Crippen LogP contribution < -0.4 is 19.9 Å². The number of aromatic nitrogens is 1. The SMILES string of the molecule is CN1C(=O)c2c(OCc3ccccc3)c(=O)ccn2N2[C@@H](c3ccc(F)cc3)c3cc(F)c(F)cc3OCC[C@H]12. The van der Waals surface area contributed by atoms with Crippen LogP contribution in [0.3, 0.4) is 0 Å². The molecule has 2 aliphatic rings. The lowest BCUT2D eigenvalue weighted by molar-refractivity contribution is 0.0569. The second kappa shape index (κ2) is 10.1. The third kappa shape index (κ3) is 4.35. The maximum atomic E-state index is 14.7. The molecule has 1 amide bonds. The topological polar surface area (TPSA) is 64.0 Å². The molecule has 40 heavy (non-hydrogen) atoms. The van der Waals surface area contributed by atoms with Crippen molar-refractivity contribution < 1.29 is 27.4 Å². The van der Waals surface area contributed by atoms with Crippen molar-refractivity contribution in [1.29, 1.82) is 0 Å². The maximum Gasteiger partial charge on any atom is 0.277 e. The molecule has 0 saturated carbocycles. The van der Waals surface area contributed by atoms with Gasteiger partial charge in [0.25, 0.3) is 5.91 Å². The molecule has 0 radical (unpaired) electrons. The Balaban J connectivity index is 1.57. The number of fused-ring (bicyclic) bond motifs is 4. The minimum Gasteiger partial charge on any atom is -0.493 e. The molecule has 0 fully saturated rings. The Labute approximate surface area is 227 Å².